The molecule has 0 saturated heterocycles. The largest absolute Gasteiger partial charge is 0.454 e. The minimum Gasteiger partial charge on any atom is -0.454 e. The zero-order chi connectivity index (χ0) is 20.1. The molecule has 2 heterocycles. The van der Waals surface area contributed by atoms with Crippen molar-refractivity contribution < 1.29 is 23.6 Å². The molecule has 1 aromatic carbocycles. The van der Waals surface area contributed by atoms with Crippen LogP contribution in [-0.4, -0.2) is 27.8 Å². The van der Waals surface area contributed by atoms with Crippen molar-refractivity contribution in [2.75, 3.05) is 5.32 Å². The highest BCUT2D eigenvalue weighted by molar-refractivity contribution is 7.08. The lowest BCUT2D eigenvalue weighted by Crippen LogP contribution is -2.27. The van der Waals surface area contributed by atoms with Gasteiger partial charge in [0, 0.05) is 11.1 Å². The second-order valence-electron chi connectivity index (χ2n) is 6.81. The third kappa shape index (κ3) is 5.40. The van der Waals surface area contributed by atoms with Gasteiger partial charge in [0.1, 0.15) is 5.60 Å². The highest BCUT2D eigenvalue weighted by atomic mass is 32.1. The molecule has 0 saturated carbocycles. The summed E-state index contributed by atoms with van der Waals surface area (Å²) in [5.74, 6) is 0.119. The third-order valence-corrected chi connectivity index (χ3v) is 4.02. The van der Waals surface area contributed by atoms with Crippen molar-refractivity contribution >= 4 is 29.1 Å². The Morgan fingerprint density at radius 2 is 1.93 bits per heavy atom. The van der Waals surface area contributed by atoms with E-state index in [1.807, 2.05) is 16.8 Å². The predicted molar refractivity (Wildman–Crippen MR) is 103 cm³/mol. The van der Waals surface area contributed by atoms with Crippen molar-refractivity contribution in [2.45, 2.75) is 33.0 Å². The summed E-state index contributed by atoms with van der Waals surface area (Å²) >= 11 is 1.52. The van der Waals surface area contributed by atoms with E-state index < -0.39 is 17.7 Å². The number of aromatic nitrogens is 2. The van der Waals surface area contributed by atoms with Gasteiger partial charge in [-0.2, -0.15) is 16.3 Å². The van der Waals surface area contributed by atoms with Crippen LogP contribution in [0.1, 0.15) is 37.0 Å². The van der Waals surface area contributed by atoms with Crippen LogP contribution in [0, 0.1) is 0 Å². The highest BCUT2D eigenvalue weighted by Crippen LogP contribution is 2.20. The Balaban J connectivity index is 1.53. The Bertz CT molecular complexity index is 943. The monoisotopic (exact) mass is 401 g/mol. The molecular weight excluding hydrogens is 382 g/mol. The molecule has 0 aliphatic carbocycles. The van der Waals surface area contributed by atoms with Crippen LogP contribution in [0.4, 0.5) is 10.5 Å². The van der Waals surface area contributed by atoms with E-state index in [4.69, 9.17) is 14.0 Å². The maximum absolute atomic E-state index is 12.2. The minimum atomic E-state index is -0.591. The zero-order valence-corrected chi connectivity index (χ0v) is 16.4. The standard InChI is InChI=1S/C19H19N3O5S/c1-19(2,3)26-18(24)20-14-6-4-12(5-7-14)17(23)25-10-15-21-16(27-22-15)13-8-9-28-11-13/h4-9,11H,10H2,1-3H3,(H,20,24). The molecular formula is C19H19N3O5S. The van der Waals surface area contributed by atoms with Gasteiger partial charge < -0.3 is 14.0 Å². The van der Waals surface area contributed by atoms with E-state index in [-0.39, 0.29) is 12.4 Å². The van der Waals surface area contributed by atoms with Gasteiger partial charge in [0.05, 0.1) is 11.1 Å². The molecule has 1 amide bonds. The molecule has 3 rings (SSSR count). The number of benzene rings is 1. The number of carbonyl (C=O) groups excluding carboxylic acids is 2. The molecule has 1 N–H and O–H groups in total. The molecule has 28 heavy (non-hydrogen) atoms. The fourth-order valence-electron chi connectivity index (χ4n) is 2.14. The van der Waals surface area contributed by atoms with Gasteiger partial charge in [-0.1, -0.05) is 5.16 Å². The van der Waals surface area contributed by atoms with Gasteiger partial charge >= 0.3 is 12.1 Å². The number of esters is 1. The van der Waals surface area contributed by atoms with E-state index in [1.165, 1.54) is 11.3 Å². The summed E-state index contributed by atoms with van der Waals surface area (Å²) in [5, 5.41) is 10.2. The van der Waals surface area contributed by atoms with E-state index in [0.717, 1.165) is 5.56 Å². The Labute approximate surface area is 165 Å². The Morgan fingerprint density at radius 3 is 2.57 bits per heavy atom. The molecule has 2 aromatic heterocycles. The topological polar surface area (TPSA) is 104 Å². The lowest BCUT2D eigenvalue weighted by Gasteiger charge is -2.19. The Kier molecular flexibility index (Phi) is 5.74. The summed E-state index contributed by atoms with van der Waals surface area (Å²) in [7, 11) is 0. The quantitative estimate of drug-likeness (QED) is 0.628. The van der Waals surface area contributed by atoms with Crippen molar-refractivity contribution in [3.63, 3.8) is 0 Å². The van der Waals surface area contributed by atoms with E-state index in [0.29, 0.717) is 17.1 Å². The zero-order valence-electron chi connectivity index (χ0n) is 15.6. The first-order valence-corrected chi connectivity index (χ1v) is 9.37. The number of hydrogen-bond donors (Lipinski definition) is 1. The Morgan fingerprint density at radius 1 is 1.18 bits per heavy atom. The van der Waals surface area contributed by atoms with E-state index in [2.05, 4.69) is 15.5 Å². The number of hydrogen-bond acceptors (Lipinski definition) is 8. The summed E-state index contributed by atoms with van der Waals surface area (Å²) in [5.41, 5.74) is 1.07. The van der Waals surface area contributed by atoms with Crippen molar-refractivity contribution in [3.05, 3.63) is 52.5 Å². The number of nitrogens with one attached hydrogen (secondary N) is 1. The first-order valence-electron chi connectivity index (χ1n) is 8.42. The second kappa shape index (κ2) is 8.22. The van der Waals surface area contributed by atoms with E-state index in [9.17, 15) is 9.59 Å². The minimum absolute atomic E-state index is 0.107. The number of ether oxygens (including phenoxy) is 2. The molecule has 9 heteroatoms. The highest BCUT2D eigenvalue weighted by Gasteiger charge is 2.17. The van der Waals surface area contributed by atoms with Gasteiger partial charge in [0.15, 0.2) is 6.61 Å². The molecule has 0 aliphatic rings. The summed E-state index contributed by atoms with van der Waals surface area (Å²) in [6.07, 6.45) is -0.568. The van der Waals surface area contributed by atoms with Crippen molar-refractivity contribution in [3.8, 4) is 11.5 Å². The summed E-state index contributed by atoms with van der Waals surface area (Å²) in [6.45, 7) is 5.22. The van der Waals surface area contributed by atoms with E-state index in [1.54, 1.807) is 45.0 Å². The average Bonchev–Trinajstić information content (AvgIpc) is 3.30. The SMILES string of the molecule is CC(C)(C)OC(=O)Nc1ccc(C(=O)OCc2noc(-c3ccsc3)n2)cc1. The summed E-state index contributed by atoms with van der Waals surface area (Å²) in [6, 6.07) is 8.12. The maximum Gasteiger partial charge on any atom is 0.412 e. The van der Waals surface area contributed by atoms with Crippen LogP contribution in [0.2, 0.25) is 0 Å². The average molecular weight is 401 g/mol. The van der Waals surface area contributed by atoms with Gasteiger partial charge in [-0.3, -0.25) is 5.32 Å². The Hall–Kier alpha value is -3.20. The summed E-state index contributed by atoms with van der Waals surface area (Å²) in [4.78, 5) is 28.1. The fourth-order valence-corrected chi connectivity index (χ4v) is 2.77. The fraction of sp³-hybridized carbons (Fsp3) is 0.263. The number of carbonyl (C=O) groups is 2. The van der Waals surface area contributed by atoms with E-state index >= 15 is 0 Å². The maximum atomic E-state index is 12.2. The second-order valence-corrected chi connectivity index (χ2v) is 7.59. The first kappa shape index (κ1) is 19.6. The van der Waals surface area contributed by atoms with Gasteiger partial charge in [-0.25, -0.2) is 9.59 Å². The molecule has 0 spiro atoms. The molecule has 0 aliphatic heterocycles. The number of rotatable bonds is 5. The number of nitrogens with zero attached hydrogens (tertiary/aromatic N) is 2. The van der Waals surface area contributed by atoms with Crippen molar-refractivity contribution in [1.29, 1.82) is 0 Å². The predicted octanol–water partition coefficient (Wildman–Crippen LogP) is 4.50. The number of thiophene rings is 1. The molecule has 0 fully saturated rings. The number of anilines is 1. The van der Waals surface area contributed by atoms with Crippen LogP contribution in [0.5, 0.6) is 0 Å². The molecule has 8 nitrogen and oxygen atoms in total. The number of amides is 1. The summed E-state index contributed by atoms with van der Waals surface area (Å²) < 4.78 is 15.5. The molecule has 3 aromatic rings. The smallest absolute Gasteiger partial charge is 0.412 e. The van der Waals surface area contributed by atoms with Crippen LogP contribution >= 0.6 is 11.3 Å². The van der Waals surface area contributed by atoms with Crippen LogP contribution in [0.15, 0.2) is 45.6 Å². The van der Waals surface area contributed by atoms with Gasteiger partial charge in [0.25, 0.3) is 5.89 Å². The molecule has 146 valence electrons. The molecule has 0 unspecified atom stereocenters. The molecule has 0 radical (unpaired) electrons. The van der Waals surface area contributed by atoms with Gasteiger partial charge in [0.2, 0.25) is 5.82 Å². The molecule has 0 atom stereocenters. The lowest BCUT2D eigenvalue weighted by atomic mass is 10.2. The third-order valence-electron chi connectivity index (χ3n) is 3.33. The normalized spacial score (nSPS) is 11.1. The lowest BCUT2D eigenvalue weighted by molar-refractivity contribution is 0.0459. The van der Waals surface area contributed by atoms with Crippen molar-refractivity contribution in [2.24, 2.45) is 0 Å². The van der Waals surface area contributed by atoms with Gasteiger partial charge in [-0.15, -0.1) is 0 Å². The first-order chi connectivity index (χ1) is 13.3. The van der Waals surface area contributed by atoms with Gasteiger partial charge in [-0.05, 0) is 56.5 Å². The molecule has 0 bridgehead atoms. The van der Waals surface area contributed by atoms with Crippen LogP contribution in [0.3, 0.4) is 0 Å². The van der Waals surface area contributed by atoms with Crippen LogP contribution < -0.4 is 5.32 Å². The van der Waals surface area contributed by atoms with Crippen LogP contribution in [0.25, 0.3) is 11.5 Å². The van der Waals surface area contributed by atoms with Crippen molar-refractivity contribution in [1.82, 2.24) is 10.1 Å². The van der Waals surface area contributed by atoms with Crippen LogP contribution in [-0.2, 0) is 16.1 Å².